The summed E-state index contributed by atoms with van der Waals surface area (Å²) in [6.45, 7) is 6.26. The Morgan fingerprint density at radius 3 is 2.43 bits per heavy atom. The van der Waals surface area contributed by atoms with Gasteiger partial charge in [-0.15, -0.1) is 0 Å². The zero-order valence-electron chi connectivity index (χ0n) is 13.7. The second kappa shape index (κ2) is 5.69. The van der Waals surface area contributed by atoms with Crippen LogP contribution in [0.3, 0.4) is 0 Å². The molecule has 1 aliphatic rings. The molecule has 1 aromatic heterocycles. The predicted molar refractivity (Wildman–Crippen MR) is 87.5 cm³/mol. The molecule has 120 valence electrons. The Morgan fingerprint density at radius 2 is 1.78 bits per heavy atom. The standard InChI is InChI=1S/C19H21NO3/c1-19(2,3)23-18(22)14-11-12-20-15(14)9-10-16(20)17(21)13-7-5-4-6-8-13/h4-10,14H,11-12H2,1-3H3. The van der Waals surface area contributed by atoms with E-state index >= 15 is 0 Å². The summed E-state index contributed by atoms with van der Waals surface area (Å²) in [5, 5.41) is 0. The summed E-state index contributed by atoms with van der Waals surface area (Å²) < 4.78 is 7.44. The molecule has 4 heteroatoms. The van der Waals surface area contributed by atoms with Crippen LogP contribution >= 0.6 is 0 Å². The van der Waals surface area contributed by atoms with Crippen molar-refractivity contribution in [1.82, 2.24) is 4.57 Å². The molecule has 1 unspecified atom stereocenters. The molecule has 1 atom stereocenters. The molecule has 4 nitrogen and oxygen atoms in total. The van der Waals surface area contributed by atoms with Gasteiger partial charge in [-0.25, -0.2) is 0 Å². The molecule has 0 saturated carbocycles. The Hall–Kier alpha value is -2.36. The third-order valence-electron chi connectivity index (χ3n) is 3.97. The highest BCUT2D eigenvalue weighted by molar-refractivity contribution is 6.08. The lowest BCUT2D eigenvalue weighted by Crippen LogP contribution is -2.27. The Bertz CT molecular complexity index is 738. The highest BCUT2D eigenvalue weighted by Crippen LogP contribution is 2.33. The number of hydrogen-bond donors (Lipinski definition) is 0. The second-order valence-corrected chi connectivity index (χ2v) is 6.86. The molecule has 0 saturated heterocycles. The van der Waals surface area contributed by atoms with Gasteiger partial charge in [0.15, 0.2) is 0 Å². The Kier molecular flexibility index (Phi) is 3.84. The van der Waals surface area contributed by atoms with Crippen molar-refractivity contribution >= 4 is 11.8 Å². The van der Waals surface area contributed by atoms with Gasteiger partial charge in [-0.3, -0.25) is 9.59 Å². The highest BCUT2D eigenvalue weighted by Gasteiger charge is 2.34. The first kappa shape index (κ1) is 15.5. The Labute approximate surface area is 136 Å². The Morgan fingerprint density at radius 1 is 1.09 bits per heavy atom. The first-order valence-electron chi connectivity index (χ1n) is 7.89. The number of benzene rings is 1. The molecule has 0 bridgehead atoms. The highest BCUT2D eigenvalue weighted by atomic mass is 16.6. The molecule has 0 radical (unpaired) electrons. The van der Waals surface area contributed by atoms with Crippen LogP contribution in [0.2, 0.25) is 0 Å². The monoisotopic (exact) mass is 311 g/mol. The van der Waals surface area contributed by atoms with Gasteiger partial charge in [0.25, 0.3) is 0 Å². The summed E-state index contributed by atoms with van der Waals surface area (Å²) in [6, 6.07) is 12.9. The number of fused-ring (bicyclic) bond motifs is 1. The third-order valence-corrected chi connectivity index (χ3v) is 3.97. The number of ether oxygens (including phenoxy) is 1. The summed E-state index contributed by atoms with van der Waals surface area (Å²) in [4.78, 5) is 25.0. The van der Waals surface area contributed by atoms with Gasteiger partial charge >= 0.3 is 5.97 Å². The van der Waals surface area contributed by atoms with E-state index in [2.05, 4.69) is 0 Å². The van der Waals surface area contributed by atoms with Crippen molar-refractivity contribution in [1.29, 1.82) is 0 Å². The van der Waals surface area contributed by atoms with E-state index in [1.807, 2.05) is 61.7 Å². The molecule has 2 aromatic rings. The predicted octanol–water partition coefficient (Wildman–Crippen LogP) is 3.55. The van der Waals surface area contributed by atoms with Gasteiger partial charge in [0.05, 0.1) is 11.6 Å². The van der Waals surface area contributed by atoms with Crippen molar-refractivity contribution < 1.29 is 14.3 Å². The fourth-order valence-corrected chi connectivity index (χ4v) is 2.99. The number of aromatic nitrogens is 1. The summed E-state index contributed by atoms with van der Waals surface area (Å²) in [7, 11) is 0. The van der Waals surface area contributed by atoms with E-state index in [0.29, 0.717) is 24.2 Å². The maximum Gasteiger partial charge on any atom is 0.315 e. The maximum absolute atomic E-state index is 12.6. The molecule has 3 rings (SSSR count). The second-order valence-electron chi connectivity index (χ2n) is 6.86. The van der Waals surface area contributed by atoms with Crippen molar-refractivity contribution in [3.63, 3.8) is 0 Å². The van der Waals surface area contributed by atoms with Gasteiger partial charge in [0.2, 0.25) is 5.78 Å². The molecule has 23 heavy (non-hydrogen) atoms. The van der Waals surface area contributed by atoms with Crippen LogP contribution in [0.1, 0.15) is 54.9 Å². The summed E-state index contributed by atoms with van der Waals surface area (Å²) >= 11 is 0. The van der Waals surface area contributed by atoms with Crippen molar-refractivity contribution in [2.75, 3.05) is 0 Å². The van der Waals surface area contributed by atoms with Gasteiger partial charge in [-0.2, -0.15) is 0 Å². The molecular formula is C19H21NO3. The SMILES string of the molecule is CC(C)(C)OC(=O)C1CCn2c(C(=O)c3ccccc3)ccc21. The van der Waals surface area contributed by atoms with Crippen LogP contribution in [0.5, 0.6) is 0 Å². The van der Waals surface area contributed by atoms with Crippen molar-refractivity contribution in [2.45, 2.75) is 45.3 Å². The average Bonchev–Trinajstić information content (AvgIpc) is 3.06. The van der Waals surface area contributed by atoms with Crippen molar-refractivity contribution in [3.05, 3.63) is 59.4 Å². The lowest BCUT2D eigenvalue weighted by molar-refractivity contribution is -0.156. The van der Waals surface area contributed by atoms with Crippen molar-refractivity contribution in [2.24, 2.45) is 0 Å². The van der Waals surface area contributed by atoms with Gasteiger partial charge in [-0.1, -0.05) is 30.3 Å². The maximum atomic E-state index is 12.6. The van der Waals surface area contributed by atoms with Crippen LogP contribution in [-0.2, 0) is 16.1 Å². The fourth-order valence-electron chi connectivity index (χ4n) is 2.99. The molecule has 0 N–H and O–H groups in total. The molecular weight excluding hydrogens is 290 g/mol. The minimum absolute atomic E-state index is 0.0123. The van der Waals surface area contributed by atoms with Gasteiger partial charge in [0.1, 0.15) is 5.60 Å². The number of esters is 1. The summed E-state index contributed by atoms with van der Waals surface area (Å²) in [5.41, 5.74) is 1.67. The Balaban J connectivity index is 1.86. The summed E-state index contributed by atoms with van der Waals surface area (Å²) in [6.07, 6.45) is 0.681. The first-order valence-corrected chi connectivity index (χ1v) is 7.89. The minimum Gasteiger partial charge on any atom is -0.459 e. The largest absolute Gasteiger partial charge is 0.459 e. The van der Waals surface area contributed by atoms with Gasteiger partial charge in [0, 0.05) is 17.8 Å². The molecule has 2 heterocycles. The van der Waals surface area contributed by atoms with E-state index in [-0.39, 0.29) is 17.7 Å². The summed E-state index contributed by atoms with van der Waals surface area (Å²) in [5.74, 6) is -0.513. The number of ketones is 1. The average molecular weight is 311 g/mol. The van der Waals surface area contributed by atoms with E-state index in [1.165, 1.54) is 0 Å². The number of carbonyl (C=O) groups excluding carboxylic acids is 2. The molecule has 1 aliphatic heterocycles. The normalized spacial score (nSPS) is 16.9. The number of carbonyl (C=O) groups is 2. The fraction of sp³-hybridized carbons (Fsp3) is 0.368. The topological polar surface area (TPSA) is 48.3 Å². The molecule has 0 fully saturated rings. The molecule has 1 aromatic carbocycles. The quantitative estimate of drug-likeness (QED) is 0.643. The number of rotatable bonds is 3. The lowest BCUT2D eigenvalue weighted by atomic mass is 10.0. The smallest absolute Gasteiger partial charge is 0.315 e. The minimum atomic E-state index is -0.500. The zero-order valence-corrected chi connectivity index (χ0v) is 13.7. The van der Waals surface area contributed by atoms with E-state index in [9.17, 15) is 9.59 Å². The van der Waals surface area contributed by atoms with Crippen LogP contribution in [0.25, 0.3) is 0 Å². The number of hydrogen-bond acceptors (Lipinski definition) is 3. The van der Waals surface area contributed by atoms with Crippen molar-refractivity contribution in [3.8, 4) is 0 Å². The third kappa shape index (κ3) is 3.07. The zero-order chi connectivity index (χ0) is 16.6. The van der Waals surface area contributed by atoms with E-state index in [0.717, 1.165) is 5.69 Å². The van der Waals surface area contributed by atoms with Crippen LogP contribution in [-0.4, -0.2) is 21.9 Å². The van der Waals surface area contributed by atoms with Gasteiger partial charge in [-0.05, 0) is 39.3 Å². The van der Waals surface area contributed by atoms with Gasteiger partial charge < -0.3 is 9.30 Å². The number of nitrogens with zero attached hydrogens (tertiary/aromatic N) is 1. The van der Waals surface area contributed by atoms with E-state index in [4.69, 9.17) is 4.74 Å². The molecule has 0 amide bonds. The first-order chi connectivity index (χ1) is 10.9. The lowest BCUT2D eigenvalue weighted by Gasteiger charge is -2.21. The molecule has 0 aliphatic carbocycles. The van der Waals surface area contributed by atoms with E-state index in [1.54, 1.807) is 6.07 Å². The van der Waals surface area contributed by atoms with Crippen LogP contribution in [0, 0.1) is 0 Å². The van der Waals surface area contributed by atoms with E-state index < -0.39 is 5.60 Å². The van der Waals surface area contributed by atoms with Crippen LogP contribution in [0.4, 0.5) is 0 Å². The van der Waals surface area contributed by atoms with Crippen LogP contribution < -0.4 is 0 Å². The molecule has 0 spiro atoms. The van der Waals surface area contributed by atoms with Crippen LogP contribution in [0.15, 0.2) is 42.5 Å².